The van der Waals surface area contributed by atoms with Crippen LogP contribution in [0, 0.1) is 13.8 Å². The number of benzene rings is 1. The summed E-state index contributed by atoms with van der Waals surface area (Å²) in [4.78, 5) is 29.6. The van der Waals surface area contributed by atoms with Crippen molar-refractivity contribution in [1.29, 1.82) is 0 Å². The number of aromatic nitrogens is 1. The fourth-order valence-corrected chi connectivity index (χ4v) is 2.16. The number of amides is 2. The van der Waals surface area contributed by atoms with Crippen LogP contribution in [-0.2, 0) is 16.1 Å². The van der Waals surface area contributed by atoms with E-state index in [0.29, 0.717) is 6.54 Å². The quantitative estimate of drug-likeness (QED) is 0.923. The number of pyridine rings is 1. The van der Waals surface area contributed by atoms with Crippen molar-refractivity contribution in [3.63, 3.8) is 0 Å². The Morgan fingerprint density at radius 3 is 2.52 bits per heavy atom. The van der Waals surface area contributed by atoms with Crippen LogP contribution >= 0.6 is 0 Å². The predicted molar refractivity (Wildman–Crippen MR) is 89.9 cm³/mol. The van der Waals surface area contributed by atoms with Crippen LogP contribution in [0.25, 0.3) is 0 Å². The first-order valence-electron chi connectivity index (χ1n) is 7.48. The molecule has 0 fully saturated rings. The van der Waals surface area contributed by atoms with Gasteiger partial charge in [0.1, 0.15) is 6.54 Å². The van der Waals surface area contributed by atoms with Gasteiger partial charge in [-0.05, 0) is 49.2 Å². The summed E-state index contributed by atoms with van der Waals surface area (Å²) in [7, 11) is 0. The highest BCUT2D eigenvalue weighted by Gasteiger charge is 2.15. The van der Waals surface area contributed by atoms with Crippen molar-refractivity contribution < 1.29 is 9.59 Å². The molecule has 0 atom stereocenters. The molecule has 2 aromatic rings. The van der Waals surface area contributed by atoms with Crippen molar-refractivity contribution >= 4 is 17.5 Å². The normalized spacial score (nSPS) is 10.2. The molecule has 1 N–H and O–H groups in total. The van der Waals surface area contributed by atoms with Crippen molar-refractivity contribution in [1.82, 2.24) is 9.88 Å². The van der Waals surface area contributed by atoms with Gasteiger partial charge in [0.15, 0.2) is 0 Å². The minimum Gasteiger partial charge on any atom is -0.328 e. The van der Waals surface area contributed by atoms with E-state index in [9.17, 15) is 9.59 Å². The fourth-order valence-electron chi connectivity index (χ4n) is 2.16. The smallest absolute Gasteiger partial charge is 0.244 e. The maximum Gasteiger partial charge on any atom is 0.244 e. The Labute approximate surface area is 136 Å². The van der Waals surface area contributed by atoms with E-state index >= 15 is 0 Å². The van der Waals surface area contributed by atoms with Crippen LogP contribution < -0.4 is 5.32 Å². The van der Waals surface area contributed by atoms with E-state index < -0.39 is 0 Å². The lowest BCUT2D eigenvalue weighted by molar-refractivity contribution is -0.133. The summed E-state index contributed by atoms with van der Waals surface area (Å²) in [6.07, 6.45) is 1.67. The largest absolute Gasteiger partial charge is 0.328 e. The average Bonchev–Trinajstić information content (AvgIpc) is 2.51. The van der Waals surface area contributed by atoms with E-state index in [1.807, 2.05) is 50.2 Å². The lowest BCUT2D eigenvalue weighted by Gasteiger charge is -2.20. The third-order valence-corrected chi connectivity index (χ3v) is 3.65. The zero-order valence-electron chi connectivity index (χ0n) is 13.7. The first kappa shape index (κ1) is 16.7. The number of carbonyl (C=O) groups excluding carboxylic acids is 2. The number of aryl methyl sites for hydroxylation is 2. The van der Waals surface area contributed by atoms with Gasteiger partial charge in [0.05, 0.1) is 12.2 Å². The summed E-state index contributed by atoms with van der Waals surface area (Å²) in [6, 6.07) is 11.2. The van der Waals surface area contributed by atoms with Crippen LogP contribution in [0.1, 0.15) is 23.7 Å². The minimum atomic E-state index is -0.223. The molecule has 0 saturated carbocycles. The number of hydrogen-bond acceptors (Lipinski definition) is 3. The van der Waals surface area contributed by atoms with Gasteiger partial charge in [-0.15, -0.1) is 0 Å². The van der Waals surface area contributed by atoms with Gasteiger partial charge in [-0.2, -0.15) is 0 Å². The van der Waals surface area contributed by atoms with Gasteiger partial charge in [-0.1, -0.05) is 12.1 Å². The summed E-state index contributed by atoms with van der Waals surface area (Å²) in [5.41, 5.74) is 3.77. The molecular weight excluding hydrogens is 290 g/mol. The van der Waals surface area contributed by atoms with Gasteiger partial charge < -0.3 is 10.2 Å². The lowest BCUT2D eigenvalue weighted by atomic mass is 10.1. The number of nitrogens with one attached hydrogen (secondary N) is 1. The summed E-state index contributed by atoms with van der Waals surface area (Å²) >= 11 is 0. The Morgan fingerprint density at radius 1 is 1.13 bits per heavy atom. The van der Waals surface area contributed by atoms with Crippen LogP contribution in [0.15, 0.2) is 42.6 Å². The molecule has 0 bridgehead atoms. The monoisotopic (exact) mass is 311 g/mol. The minimum absolute atomic E-state index is 0.00116. The molecule has 1 heterocycles. The van der Waals surface area contributed by atoms with Crippen LogP contribution in [0.2, 0.25) is 0 Å². The molecule has 23 heavy (non-hydrogen) atoms. The molecule has 2 amide bonds. The second-order valence-electron chi connectivity index (χ2n) is 5.54. The molecule has 0 spiro atoms. The van der Waals surface area contributed by atoms with Crippen LogP contribution in [0.5, 0.6) is 0 Å². The highest BCUT2D eigenvalue weighted by atomic mass is 16.2. The van der Waals surface area contributed by atoms with Gasteiger partial charge in [0.25, 0.3) is 0 Å². The van der Waals surface area contributed by atoms with E-state index in [1.165, 1.54) is 17.4 Å². The lowest BCUT2D eigenvalue weighted by Crippen LogP contribution is -2.36. The molecule has 5 heteroatoms. The number of nitrogens with zero attached hydrogens (tertiary/aromatic N) is 2. The molecule has 0 unspecified atom stereocenters. The number of anilines is 1. The van der Waals surface area contributed by atoms with Gasteiger partial charge >= 0.3 is 0 Å². The van der Waals surface area contributed by atoms with E-state index in [0.717, 1.165) is 16.9 Å². The van der Waals surface area contributed by atoms with E-state index in [-0.39, 0.29) is 18.4 Å². The molecule has 0 aliphatic heterocycles. The van der Waals surface area contributed by atoms with E-state index in [1.54, 1.807) is 6.20 Å². The second-order valence-corrected chi connectivity index (χ2v) is 5.54. The van der Waals surface area contributed by atoms with Crippen molar-refractivity contribution in [3.05, 3.63) is 59.4 Å². The molecule has 2 rings (SSSR count). The van der Waals surface area contributed by atoms with Gasteiger partial charge in [0.2, 0.25) is 11.8 Å². The molecule has 5 nitrogen and oxygen atoms in total. The van der Waals surface area contributed by atoms with Crippen LogP contribution in [0.4, 0.5) is 5.69 Å². The molecule has 0 saturated heterocycles. The number of carbonyl (C=O) groups is 2. The first-order valence-corrected chi connectivity index (χ1v) is 7.48. The molecule has 0 aliphatic rings. The Hall–Kier alpha value is -2.69. The van der Waals surface area contributed by atoms with Gasteiger partial charge in [-0.25, -0.2) is 0 Å². The Morgan fingerprint density at radius 2 is 1.91 bits per heavy atom. The zero-order chi connectivity index (χ0) is 16.8. The average molecular weight is 311 g/mol. The fraction of sp³-hybridized carbons (Fsp3) is 0.278. The summed E-state index contributed by atoms with van der Waals surface area (Å²) in [5, 5.41) is 2.83. The summed E-state index contributed by atoms with van der Waals surface area (Å²) in [5.74, 6) is -0.384. The molecule has 1 aromatic heterocycles. The maximum absolute atomic E-state index is 12.2. The standard InChI is InChI=1S/C18H21N3O2/c1-13-7-8-16(10-14(13)2)20-18(23)12-21(15(3)22)11-17-6-4-5-9-19-17/h4-10H,11-12H2,1-3H3,(H,20,23). The topological polar surface area (TPSA) is 62.3 Å². The molecule has 1 aromatic carbocycles. The van der Waals surface area contributed by atoms with Crippen LogP contribution in [-0.4, -0.2) is 28.2 Å². The van der Waals surface area contributed by atoms with Gasteiger partial charge in [-0.3, -0.25) is 14.6 Å². The van der Waals surface area contributed by atoms with Crippen molar-refractivity contribution in [2.24, 2.45) is 0 Å². The first-order chi connectivity index (χ1) is 11.0. The van der Waals surface area contributed by atoms with Gasteiger partial charge in [0, 0.05) is 18.8 Å². The van der Waals surface area contributed by atoms with Crippen molar-refractivity contribution in [3.8, 4) is 0 Å². The highest BCUT2D eigenvalue weighted by Crippen LogP contribution is 2.14. The van der Waals surface area contributed by atoms with Crippen LogP contribution in [0.3, 0.4) is 0 Å². The van der Waals surface area contributed by atoms with E-state index in [2.05, 4.69) is 10.3 Å². The SMILES string of the molecule is CC(=O)N(CC(=O)Nc1ccc(C)c(C)c1)Cc1ccccn1. The van der Waals surface area contributed by atoms with Crippen molar-refractivity contribution in [2.45, 2.75) is 27.3 Å². The maximum atomic E-state index is 12.2. The van der Waals surface area contributed by atoms with E-state index in [4.69, 9.17) is 0 Å². The molecular formula is C18H21N3O2. The Balaban J connectivity index is 2.00. The Bertz CT molecular complexity index is 699. The predicted octanol–water partition coefficient (Wildman–Crippen LogP) is 2.69. The van der Waals surface area contributed by atoms with Crippen molar-refractivity contribution in [2.75, 3.05) is 11.9 Å². The summed E-state index contributed by atoms with van der Waals surface area (Å²) < 4.78 is 0. The third-order valence-electron chi connectivity index (χ3n) is 3.65. The summed E-state index contributed by atoms with van der Waals surface area (Å²) in [6.45, 7) is 5.78. The number of hydrogen-bond donors (Lipinski definition) is 1. The molecule has 120 valence electrons. The number of rotatable bonds is 5. The molecule has 0 aliphatic carbocycles. The zero-order valence-corrected chi connectivity index (χ0v) is 13.7. The second kappa shape index (κ2) is 7.54. The Kier molecular flexibility index (Phi) is 5.46. The third kappa shape index (κ3) is 4.92. The highest BCUT2D eigenvalue weighted by molar-refractivity contribution is 5.94. The molecule has 0 radical (unpaired) electrons.